The van der Waals surface area contributed by atoms with Gasteiger partial charge in [0.15, 0.2) is 0 Å². The summed E-state index contributed by atoms with van der Waals surface area (Å²) in [5, 5.41) is 0. The Bertz CT molecular complexity index is 588. The first-order chi connectivity index (χ1) is 9.68. The summed E-state index contributed by atoms with van der Waals surface area (Å²) >= 11 is 0. The minimum atomic E-state index is 0.156. The largest absolute Gasteiger partial charge is 0.339 e. The highest BCUT2D eigenvalue weighted by Crippen LogP contribution is 2.47. The Morgan fingerprint density at radius 1 is 0.952 bits per heavy atom. The molecule has 0 aromatic heterocycles. The maximum Gasteiger partial charge on any atom is 0.219 e. The average molecular weight is 287 g/mol. The van der Waals surface area contributed by atoms with Crippen molar-refractivity contribution in [1.82, 2.24) is 4.90 Å². The van der Waals surface area contributed by atoms with E-state index in [9.17, 15) is 4.79 Å². The molecule has 1 aliphatic rings. The molecule has 1 aromatic carbocycles. The van der Waals surface area contributed by atoms with Crippen LogP contribution >= 0.6 is 0 Å². The second kappa shape index (κ2) is 5.47. The molecular formula is C19H29NO. The summed E-state index contributed by atoms with van der Waals surface area (Å²) < 4.78 is 0. The number of hydrogen-bond acceptors (Lipinski definition) is 1. The van der Waals surface area contributed by atoms with Crippen LogP contribution in [-0.2, 0) is 4.79 Å². The van der Waals surface area contributed by atoms with Gasteiger partial charge >= 0.3 is 0 Å². The molecule has 3 atom stereocenters. The van der Waals surface area contributed by atoms with Gasteiger partial charge in [0.25, 0.3) is 0 Å². The van der Waals surface area contributed by atoms with Crippen LogP contribution in [0, 0.1) is 33.6 Å². The van der Waals surface area contributed by atoms with Crippen molar-refractivity contribution >= 4 is 5.91 Å². The molecule has 0 spiro atoms. The lowest BCUT2D eigenvalue weighted by Gasteiger charge is -2.42. The van der Waals surface area contributed by atoms with E-state index in [1.165, 1.54) is 33.4 Å². The number of nitrogens with zero attached hydrogens (tertiary/aromatic N) is 1. The molecule has 0 aliphatic heterocycles. The molecule has 0 heterocycles. The van der Waals surface area contributed by atoms with Gasteiger partial charge in [-0.2, -0.15) is 0 Å². The molecule has 0 N–H and O–H groups in total. The molecule has 1 aliphatic carbocycles. The molecule has 0 saturated carbocycles. The van der Waals surface area contributed by atoms with Gasteiger partial charge in [0.05, 0.1) is 6.04 Å². The van der Waals surface area contributed by atoms with Crippen molar-refractivity contribution in [2.45, 2.75) is 66.8 Å². The predicted molar refractivity (Wildman–Crippen MR) is 88.8 cm³/mol. The van der Waals surface area contributed by atoms with E-state index >= 15 is 0 Å². The highest BCUT2D eigenvalue weighted by atomic mass is 16.2. The lowest BCUT2D eigenvalue weighted by Crippen LogP contribution is -2.36. The van der Waals surface area contributed by atoms with Crippen LogP contribution in [0.1, 0.15) is 72.5 Å². The van der Waals surface area contributed by atoms with Gasteiger partial charge in [0.1, 0.15) is 0 Å². The molecule has 3 unspecified atom stereocenters. The first-order valence-electron chi connectivity index (χ1n) is 8.02. The molecule has 0 radical (unpaired) electrons. The third-order valence-electron chi connectivity index (χ3n) is 5.99. The molecule has 0 bridgehead atoms. The molecule has 2 rings (SSSR count). The van der Waals surface area contributed by atoms with E-state index in [4.69, 9.17) is 0 Å². The Kier molecular flexibility index (Phi) is 4.19. The van der Waals surface area contributed by atoms with Crippen LogP contribution in [0.2, 0.25) is 0 Å². The van der Waals surface area contributed by atoms with Crippen molar-refractivity contribution in [3.8, 4) is 0 Å². The molecule has 1 aromatic rings. The van der Waals surface area contributed by atoms with Crippen LogP contribution in [0.5, 0.6) is 0 Å². The third kappa shape index (κ3) is 2.39. The lowest BCUT2D eigenvalue weighted by molar-refractivity contribution is -0.130. The molecule has 0 saturated heterocycles. The first-order valence-corrected chi connectivity index (χ1v) is 8.02. The van der Waals surface area contributed by atoms with Crippen LogP contribution in [0.3, 0.4) is 0 Å². The minimum absolute atomic E-state index is 0.156. The quantitative estimate of drug-likeness (QED) is 0.740. The van der Waals surface area contributed by atoms with Gasteiger partial charge in [-0.25, -0.2) is 0 Å². The van der Waals surface area contributed by atoms with Gasteiger partial charge in [0.2, 0.25) is 5.91 Å². The Morgan fingerprint density at radius 3 is 1.90 bits per heavy atom. The summed E-state index contributed by atoms with van der Waals surface area (Å²) in [7, 11) is 1.95. The molecule has 21 heavy (non-hydrogen) atoms. The van der Waals surface area contributed by atoms with Crippen molar-refractivity contribution in [3.05, 3.63) is 33.4 Å². The Balaban J connectivity index is 2.75. The normalized spacial score (nSPS) is 24.7. The van der Waals surface area contributed by atoms with Gasteiger partial charge in [-0.3, -0.25) is 4.79 Å². The van der Waals surface area contributed by atoms with Crippen molar-refractivity contribution in [3.63, 3.8) is 0 Å². The van der Waals surface area contributed by atoms with Crippen molar-refractivity contribution in [1.29, 1.82) is 0 Å². The molecule has 116 valence electrons. The van der Waals surface area contributed by atoms with E-state index in [-0.39, 0.29) is 11.9 Å². The van der Waals surface area contributed by atoms with Crippen molar-refractivity contribution in [2.75, 3.05) is 7.05 Å². The van der Waals surface area contributed by atoms with Gasteiger partial charge in [-0.15, -0.1) is 0 Å². The standard InChI is InChI=1S/C19H29NO/c1-10-9-17(20(8)16(7)21)19-15(6)13(4)12(3)14(5)18(19)11(10)2/h10-11,17H,9H2,1-8H3. The topological polar surface area (TPSA) is 20.3 Å². The fourth-order valence-electron chi connectivity index (χ4n) is 3.92. The highest BCUT2D eigenvalue weighted by molar-refractivity contribution is 5.74. The number of rotatable bonds is 1. The zero-order valence-electron chi connectivity index (χ0n) is 14.8. The number of carbonyl (C=O) groups is 1. The molecule has 2 heteroatoms. The summed E-state index contributed by atoms with van der Waals surface area (Å²) in [6, 6.07) is 0.224. The monoisotopic (exact) mass is 287 g/mol. The average Bonchev–Trinajstić information content (AvgIpc) is 2.44. The molecule has 2 nitrogen and oxygen atoms in total. The van der Waals surface area contributed by atoms with Crippen molar-refractivity contribution < 1.29 is 4.79 Å². The van der Waals surface area contributed by atoms with E-state index in [0.29, 0.717) is 11.8 Å². The Morgan fingerprint density at radius 2 is 1.43 bits per heavy atom. The smallest absolute Gasteiger partial charge is 0.219 e. The number of hydrogen-bond donors (Lipinski definition) is 0. The zero-order chi connectivity index (χ0) is 16.1. The summed E-state index contributed by atoms with van der Waals surface area (Å²) in [5.41, 5.74) is 8.51. The van der Waals surface area contributed by atoms with E-state index in [0.717, 1.165) is 6.42 Å². The summed E-state index contributed by atoms with van der Waals surface area (Å²) in [5.74, 6) is 1.32. The second-order valence-corrected chi connectivity index (χ2v) is 6.97. The van der Waals surface area contributed by atoms with E-state index in [1.54, 1.807) is 6.92 Å². The van der Waals surface area contributed by atoms with Crippen LogP contribution in [0.15, 0.2) is 0 Å². The SMILES string of the molecule is CC(=O)N(C)C1CC(C)C(C)c2c(C)c(C)c(C)c(C)c21. The van der Waals surface area contributed by atoms with Crippen LogP contribution in [0.25, 0.3) is 0 Å². The van der Waals surface area contributed by atoms with Crippen LogP contribution in [0.4, 0.5) is 0 Å². The summed E-state index contributed by atoms with van der Waals surface area (Å²) in [4.78, 5) is 13.8. The van der Waals surface area contributed by atoms with Gasteiger partial charge < -0.3 is 4.90 Å². The van der Waals surface area contributed by atoms with E-state index in [2.05, 4.69) is 41.5 Å². The zero-order valence-corrected chi connectivity index (χ0v) is 14.8. The van der Waals surface area contributed by atoms with E-state index < -0.39 is 0 Å². The number of amides is 1. The minimum Gasteiger partial charge on any atom is -0.339 e. The first kappa shape index (κ1) is 16.1. The number of benzene rings is 1. The molecular weight excluding hydrogens is 258 g/mol. The second-order valence-electron chi connectivity index (χ2n) is 6.97. The molecule has 0 fully saturated rings. The van der Waals surface area contributed by atoms with Crippen LogP contribution in [-0.4, -0.2) is 17.9 Å². The van der Waals surface area contributed by atoms with Gasteiger partial charge in [0, 0.05) is 14.0 Å². The Hall–Kier alpha value is -1.31. The van der Waals surface area contributed by atoms with Gasteiger partial charge in [-0.1, -0.05) is 13.8 Å². The number of fused-ring (bicyclic) bond motifs is 1. The van der Waals surface area contributed by atoms with E-state index in [1.807, 2.05) is 11.9 Å². The maximum absolute atomic E-state index is 11.9. The van der Waals surface area contributed by atoms with Gasteiger partial charge in [-0.05, 0) is 79.3 Å². The highest BCUT2D eigenvalue weighted by Gasteiger charge is 2.36. The summed E-state index contributed by atoms with van der Waals surface area (Å²) in [6.07, 6.45) is 1.06. The molecule has 1 amide bonds. The Labute approximate surface area is 129 Å². The third-order valence-corrected chi connectivity index (χ3v) is 5.99. The lowest BCUT2D eigenvalue weighted by atomic mass is 9.69. The fourth-order valence-corrected chi connectivity index (χ4v) is 3.92. The van der Waals surface area contributed by atoms with Crippen molar-refractivity contribution in [2.24, 2.45) is 5.92 Å². The predicted octanol–water partition coefficient (Wildman–Crippen LogP) is 4.58. The van der Waals surface area contributed by atoms with Crippen LogP contribution < -0.4 is 0 Å². The fraction of sp³-hybridized carbons (Fsp3) is 0.632. The summed E-state index contributed by atoms with van der Waals surface area (Å²) in [6.45, 7) is 15.3. The maximum atomic E-state index is 11.9. The number of carbonyl (C=O) groups excluding carboxylic acids is 1.